The minimum absolute atomic E-state index is 0.0426. The number of Topliss-reactive ketones (excluding diaryl/α,β-unsaturated/α-hetero) is 1. The van der Waals surface area contributed by atoms with Crippen molar-refractivity contribution in [3.63, 3.8) is 0 Å². The first-order valence-electron chi connectivity index (χ1n) is 5.09. The Bertz CT molecular complexity index is 512. The highest BCUT2D eigenvalue weighted by molar-refractivity contribution is 6.02. The van der Waals surface area contributed by atoms with Gasteiger partial charge in [0.15, 0.2) is 5.78 Å². The second-order valence-electron chi connectivity index (χ2n) is 3.83. The van der Waals surface area contributed by atoms with Crippen LogP contribution in [0.15, 0.2) is 18.2 Å². The Balaban J connectivity index is 3.03. The third-order valence-corrected chi connectivity index (χ3v) is 2.42. The van der Waals surface area contributed by atoms with Crippen molar-refractivity contribution in [2.75, 3.05) is 0 Å². The summed E-state index contributed by atoms with van der Waals surface area (Å²) in [5.74, 6) is -1.82. The molecule has 0 radical (unpaired) electrons. The van der Waals surface area contributed by atoms with Crippen LogP contribution < -0.4 is 5.73 Å². The molecule has 0 aliphatic heterocycles. The van der Waals surface area contributed by atoms with Crippen LogP contribution in [0.1, 0.15) is 22.3 Å². The highest BCUT2D eigenvalue weighted by Crippen LogP contribution is 2.20. The zero-order valence-corrected chi connectivity index (χ0v) is 9.62. The average molecular weight is 252 g/mol. The fourth-order valence-corrected chi connectivity index (χ4v) is 1.45. The van der Waals surface area contributed by atoms with Gasteiger partial charge in [0.1, 0.15) is 0 Å². The SMILES string of the molecule is Cc1ccc(C(=O)C(N)CC(=O)O)cc1[N+](=O)[O-]. The molecule has 1 rings (SSSR count). The van der Waals surface area contributed by atoms with Gasteiger partial charge in [-0.05, 0) is 6.92 Å². The lowest BCUT2D eigenvalue weighted by atomic mass is 10.0. The summed E-state index contributed by atoms with van der Waals surface area (Å²) in [7, 11) is 0. The molecule has 0 saturated carbocycles. The summed E-state index contributed by atoms with van der Waals surface area (Å²) in [5.41, 5.74) is 5.69. The standard InChI is InChI=1S/C11H12N2O5/c1-6-2-3-7(4-9(6)13(17)18)11(16)8(12)5-10(14)15/h2-4,8H,5,12H2,1H3,(H,14,15). The fraction of sp³-hybridized carbons (Fsp3) is 0.273. The third kappa shape index (κ3) is 3.11. The van der Waals surface area contributed by atoms with Crippen LogP contribution in [-0.2, 0) is 4.79 Å². The zero-order chi connectivity index (χ0) is 13.9. The van der Waals surface area contributed by atoms with E-state index in [0.717, 1.165) is 6.07 Å². The second-order valence-corrected chi connectivity index (χ2v) is 3.83. The van der Waals surface area contributed by atoms with Gasteiger partial charge in [-0.1, -0.05) is 12.1 Å². The van der Waals surface area contributed by atoms with Gasteiger partial charge >= 0.3 is 5.97 Å². The molecule has 1 aromatic rings. The number of hydrogen-bond acceptors (Lipinski definition) is 5. The first kappa shape index (κ1) is 13.8. The number of ketones is 1. The molecule has 96 valence electrons. The number of carbonyl (C=O) groups excluding carboxylic acids is 1. The number of nitro groups is 1. The summed E-state index contributed by atoms with van der Waals surface area (Å²) in [5, 5.41) is 19.2. The molecule has 0 aliphatic rings. The monoisotopic (exact) mass is 252 g/mol. The fourth-order valence-electron chi connectivity index (χ4n) is 1.45. The van der Waals surface area contributed by atoms with Gasteiger partial charge in [0.05, 0.1) is 17.4 Å². The summed E-state index contributed by atoms with van der Waals surface area (Å²) < 4.78 is 0. The van der Waals surface area contributed by atoms with E-state index in [1.54, 1.807) is 6.92 Å². The van der Waals surface area contributed by atoms with E-state index in [9.17, 15) is 19.7 Å². The predicted octanol–water partition coefficient (Wildman–Crippen LogP) is 0.888. The number of aliphatic carboxylic acids is 1. The Labute approximate surface area is 102 Å². The van der Waals surface area contributed by atoms with E-state index in [0.29, 0.717) is 5.56 Å². The van der Waals surface area contributed by atoms with Crippen molar-refractivity contribution in [2.24, 2.45) is 5.73 Å². The van der Waals surface area contributed by atoms with Gasteiger partial charge in [0.2, 0.25) is 0 Å². The molecular formula is C11H12N2O5. The number of benzene rings is 1. The van der Waals surface area contributed by atoms with Crippen LogP contribution in [0.5, 0.6) is 0 Å². The molecule has 0 spiro atoms. The van der Waals surface area contributed by atoms with Crippen molar-refractivity contribution in [3.05, 3.63) is 39.4 Å². The van der Waals surface area contributed by atoms with Crippen molar-refractivity contribution >= 4 is 17.4 Å². The summed E-state index contributed by atoms with van der Waals surface area (Å²) in [6.45, 7) is 1.55. The van der Waals surface area contributed by atoms with Crippen LogP contribution >= 0.6 is 0 Å². The van der Waals surface area contributed by atoms with E-state index in [2.05, 4.69) is 0 Å². The molecule has 1 atom stereocenters. The number of nitro benzene ring substituents is 1. The van der Waals surface area contributed by atoms with Crippen LogP contribution in [0, 0.1) is 17.0 Å². The minimum atomic E-state index is -1.20. The van der Waals surface area contributed by atoms with Crippen molar-refractivity contribution in [3.8, 4) is 0 Å². The number of nitrogens with two attached hydrogens (primary N) is 1. The van der Waals surface area contributed by atoms with E-state index in [-0.39, 0.29) is 11.3 Å². The molecule has 0 saturated heterocycles. The molecule has 1 aromatic carbocycles. The Morgan fingerprint density at radius 3 is 2.61 bits per heavy atom. The molecule has 7 heteroatoms. The smallest absolute Gasteiger partial charge is 0.305 e. The van der Waals surface area contributed by atoms with Crippen molar-refractivity contribution < 1.29 is 19.6 Å². The number of nitrogens with zero attached hydrogens (tertiary/aromatic N) is 1. The summed E-state index contributed by atoms with van der Waals surface area (Å²) in [6.07, 6.45) is -0.513. The maximum absolute atomic E-state index is 11.8. The molecular weight excluding hydrogens is 240 g/mol. The van der Waals surface area contributed by atoms with Gasteiger partial charge in [0.25, 0.3) is 5.69 Å². The Morgan fingerprint density at radius 2 is 2.11 bits per heavy atom. The van der Waals surface area contributed by atoms with Crippen LogP contribution in [0.4, 0.5) is 5.69 Å². The van der Waals surface area contributed by atoms with Gasteiger partial charge in [-0.15, -0.1) is 0 Å². The van der Waals surface area contributed by atoms with Crippen LogP contribution in [0.2, 0.25) is 0 Å². The third-order valence-electron chi connectivity index (χ3n) is 2.42. The molecule has 0 aliphatic carbocycles. The lowest BCUT2D eigenvalue weighted by Gasteiger charge is -2.08. The average Bonchev–Trinajstić information content (AvgIpc) is 2.27. The lowest BCUT2D eigenvalue weighted by molar-refractivity contribution is -0.385. The zero-order valence-electron chi connectivity index (χ0n) is 9.62. The quantitative estimate of drug-likeness (QED) is 0.455. The van der Waals surface area contributed by atoms with Crippen molar-refractivity contribution in [1.82, 2.24) is 0 Å². The summed E-state index contributed by atoms with van der Waals surface area (Å²) >= 11 is 0. The first-order chi connectivity index (χ1) is 8.32. The molecule has 0 bridgehead atoms. The minimum Gasteiger partial charge on any atom is -0.481 e. The van der Waals surface area contributed by atoms with Gasteiger partial charge < -0.3 is 10.8 Å². The van der Waals surface area contributed by atoms with Gasteiger partial charge in [-0.2, -0.15) is 0 Å². The highest BCUT2D eigenvalue weighted by Gasteiger charge is 2.21. The summed E-state index contributed by atoms with van der Waals surface area (Å²) in [4.78, 5) is 32.3. The number of hydrogen-bond donors (Lipinski definition) is 2. The van der Waals surface area contributed by atoms with E-state index >= 15 is 0 Å². The first-order valence-corrected chi connectivity index (χ1v) is 5.09. The molecule has 18 heavy (non-hydrogen) atoms. The Kier molecular flexibility index (Phi) is 4.11. The maximum Gasteiger partial charge on any atom is 0.305 e. The molecule has 7 nitrogen and oxygen atoms in total. The van der Waals surface area contributed by atoms with Gasteiger partial charge in [-0.25, -0.2) is 0 Å². The summed E-state index contributed by atoms with van der Waals surface area (Å²) in [6, 6.07) is 2.73. The predicted molar refractivity (Wildman–Crippen MR) is 62.4 cm³/mol. The van der Waals surface area contributed by atoms with E-state index in [4.69, 9.17) is 10.8 Å². The number of aryl methyl sites for hydroxylation is 1. The molecule has 0 fully saturated rings. The van der Waals surface area contributed by atoms with Crippen LogP contribution in [0.3, 0.4) is 0 Å². The Hall–Kier alpha value is -2.28. The van der Waals surface area contributed by atoms with Crippen molar-refractivity contribution in [1.29, 1.82) is 0 Å². The van der Waals surface area contributed by atoms with Crippen LogP contribution in [0.25, 0.3) is 0 Å². The largest absolute Gasteiger partial charge is 0.481 e. The van der Waals surface area contributed by atoms with Crippen LogP contribution in [-0.4, -0.2) is 27.8 Å². The Morgan fingerprint density at radius 1 is 1.50 bits per heavy atom. The maximum atomic E-state index is 11.8. The molecule has 0 aromatic heterocycles. The number of rotatable bonds is 5. The normalized spacial score (nSPS) is 11.9. The lowest BCUT2D eigenvalue weighted by Crippen LogP contribution is -2.33. The molecule has 3 N–H and O–H groups in total. The number of carboxylic acid groups (broad SMARTS) is 1. The molecule has 1 unspecified atom stereocenters. The molecule has 0 heterocycles. The molecule has 0 amide bonds. The highest BCUT2D eigenvalue weighted by atomic mass is 16.6. The van der Waals surface area contributed by atoms with Gasteiger partial charge in [0, 0.05) is 17.2 Å². The van der Waals surface area contributed by atoms with Gasteiger partial charge in [-0.3, -0.25) is 19.7 Å². The topological polar surface area (TPSA) is 124 Å². The van der Waals surface area contributed by atoms with E-state index < -0.39 is 29.1 Å². The number of carbonyl (C=O) groups is 2. The van der Waals surface area contributed by atoms with E-state index in [1.165, 1.54) is 12.1 Å². The number of carboxylic acids is 1. The van der Waals surface area contributed by atoms with Crippen molar-refractivity contribution in [2.45, 2.75) is 19.4 Å². The second kappa shape index (κ2) is 5.37. The van der Waals surface area contributed by atoms with E-state index in [1.807, 2.05) is 0 Å².